The minimum absolute atomic E-state index is 0.0295. The van der Waals surface area contributed by atoms with Crippen LogP contribution in [0.3, 0.4) is 0 Å². The number of amides is 2. The highest BCUT2D eigenvalue weighted by atomic mass is 32.1. The van der Waals surface area contributed by atoms with Gasteiger partial charge in [0.1, 0.15) is 0 Å². The molecule has 2 aliphatic rings. The van der Waals surface area contributed by atoms with Gasteiger partial charge in [-0.15, -0.1) is 11.3 Å². The Morgan fingerprint density at radius 3 is 2.39 bits per heavy atom. The molecule has 2 amide bonds. The van der Waals surface area contributed by atoms with E-state index in [1.165, 1.54) is 21.3 Å². The van der Waals surface area contributed by atoms with Crippen molar-refractivity contribution < 1.29 is 23.8 Å². The van der Waals surface area contributed by atoms with Gasteiger partial charge < -0.3 is 34.3 Å². The van der Waals surface area contributed by atoms with Crippen LogP contribution in [0.2, 0.25) is 0 Å². The van der Waals surface area contributed by atoms with Crippen LogP contribution < -0.4 is 35.3 Å². The number of nitrogens with zero attached hydrogens (tertiary/aromatic N) is 2. The van der Waals surface area contributed by atoms with Gasteiger partial charge in [-0.3, -0.25) is 14.4 Å². The third-order valence-corrected chi connectivity index (χ3v) is 9.13. The highest BCUT2D eigenvalue weighted by molar-refractivity contribution is 7.09. The first-order valence-corrected chi connectivity index (χ1v) is 15.3. The van der Waals surface area contributed by atoms with Crippen LogP contribution in [0.1, 0.15) is 43.6 Å². The molecule has 0 aliphatic carbocycles. The van der Waals surface area contributed by atoms with Crippen LogP contribution >= 0.6 is 11.3 Å². The third-order valence-electron chi connectivity index (χ3n) is 8.26. The second kappa shape index (κ2) is 12.5. The van der Waals surface area contributed by atoms with E-state index in [-0.39, 0.29) is 23.3 Å². The SMILES string of the molecule is COc1cc(C(=O)Nc2cc(C(=O)NCc3cccs3)ccc2N2C[C@H]3C[C@@H](C2)c2cccc(=O)n2C3)cc(OC)c1OC. The zero-order valence-corrected chi connectivity index (χ0v) is 25.6. The fourth-order valence-electron chi connectivity index (χ4n) is 6.24. The molecule has 2 atom stereocenters. The quantitative estimate of drug-likeness (QED) is 0.280. The number of nitrogens with one attached hydrogen (secondary N) is 2. The molecule has 4 heterocycles. The largest absolute Gasteiger partial charge is 0.493 e. The van der Waals surface area contributed by atoms with Crippen molar-refractivity contribution in [2.75, 3.05) is 44.6 Å². The fourth-order valence-corrected chi connectivity index (χ4v) is 6.88. The Morgan fingerprint density at radius 2 is 1.68 bits per heavy atom. The highest BCUT2D eigenvalue weighted by Gasteiger charge is 2.35. The number of methoxy groups -OCH3 is 3. The number of aromatic nitrogens is 1. The minimum atomic E-state index is -0.393. The molecule has 2 aromatic heterocycles. The predicted octanol–water partition coefficient (Wildman–Crippen LogP) is 4.74. The number of hydrogen-bond acceptors (Lipinski definition) is 8. The predicted molar refractivity (Wildman–Crippen MR) is 170 cm³/mol. The molecule has 2 bridgehead atoms. The summed E-state index contributed by atoms with van der Waals surface area (Å²) < 4.78 is 18.2. The first-order chi connectivity index (χ1) is 21.4. The van der Waals surface area contributed by atoms with Crippen molar-refractivity contribution >= 4 is 34.5 Å². The number of rotatable bonds is 9. The van der Waals surface area contributed by atoms with Crippen molar-refractivity contribution in [2.24, 2.45) is 5.92 Å². The van der Waals surface area contributed by atoms with Gasteiger partial charge >= 0.3 is 0 Å². The van der Waals surface area contributed by atoms with Gasteiger partial charge in [-0.2, -0.15) is 0 Å². The first-order valence-electron chi connectivity index (χ1n) is 14.4. The van der Waals surface area contributed by atoms with Crippen LogP contribution in [0, 0.1) is 5.92 Å². The molecule has 1 saturated heterocycles. The monoisotopic (exact) mass is 614 g/mol. The summed E-state index contributed by atoms with van der Waals surface area (Å²) in [5.41, 5.74) is 3.12. The lowest BCUT2D eigenvalue weighted by Crippen LogP contribution is -2.47. The van der Waals surface area contributed by atoms with Crippen molar-refractivity contribution in [1.29, 1.82) is 0 Å². The number of carbonyl (C=O) groups is 2. The topological polar surface area (TPSA) is 111 Å². The van der Waals surface area contributed by atoms with Crippen LogP contribution in [-0.2, 0) is 13.1 Å². The summed E-state index contributed by atoms with van der Waals surface area (Å²) in [6, 6.07) is 18.0. The first kappa shape index (κ1) is 29.3. The van der Waals surface area contributed by atoms with E-state index in [0.29, 0.717) is 60.2 Å². The third kappa shape index (κ3) is 5.74. The number of fused-ring (bicyclic) bond motifs is 4. The molecular weight excluding hydrogens is 580 g/mol. The number of hydrogen-bond donors (Lipinski definition) is 2. The van der Waals surface area contributed by atoms with Crippen molar-refractivity contribution in [3.63, 3.8) is 0 Å². The Kier molecular flexibility index (Phi) is 8.30. The number of piperidine rings is 1. The fraction of sp³-hybridized carbons (Fsp3) is 0.303. The molecule has 0 unspecified atom stereocenters. The number of carbonyl (C=O) groups excluding carboxylic acids is 2. The molecule has 4 aromatic rings. The lowest BCUT2D eigenvalue weighted by atomic mass is 9.83. The van der Waals surface area contributed by atoms with E-state index in [1.54, 1.807) is 41.7 Å². The molecular formula is C33H34N4O6S. The van der Waals surface area contributed by atoms with E-state index in [2.05, 4.69) is 15.5 Å². The summed E-state index contributed by atoms with van der Waals surface area (Å²) in [6.07, 6.45) is 0.996. The van der Waals surface area contributed by atoms with Gasteiger partial charge in [0, 0.05) is 53.3 Å². The Balaban J connectivity index is 1.33. The normalized spacial score (nSPS) is 16.9. The number of anilines is 2. The maximum absolute atomic E-state index is 13.7. The Hall–Kier alpha value is -4.77. The number of pyridine rings is 1. The molecule has 10 nitrogen and oxygen atoms in total. The van der Waals surface area contributed by atoms with E-state index in [9.17, 15) is 14.4 Å². The summed E-state index contributed by atoms with van der Waals surface area (Å²) in [6.45, 7) is 2.46. The highest BCUT2D eigenvalue weighted by Crippen LogP contribution is 2.41. The summed E-state index contributed by atoms with van der Waals surface area (Å²) >= 11 is 1.57. The molecule has 2 N–H and O–H groups in total. The second-order valence-electron chi connectivity index (χ2n) is 11.0. The van der Waals surface area contributed by atoms with Crippen molar-refractivity contribution in [1.82, 2.24) is 9.88 Å². The molecule has 11 heteroatoms. The zero-order valence-electron chi connectivity index (χ0n) is 24.8. The number of thiophene rings is 1. The molecule has 0 saturated carbocycles. The summed E-state index contributed by atoms with van der Waals surface area (Å²) in [4.78, 5) is 42.8. The molecule has 2 aliphatic heterocycles. The van der Waals surface area contributed by atoms with Crippen LogP contribution in [0.5, 0.6) is 17.2 Å². The second-order valence-corrected chi connectivity index (χ2v) is 12.0. The maximum atomic E-state index is 13.7. The van der Waals surface area contributed by atoms with Gasteiger partial charge in [0.05, 0.1) is 39.2 Å². The lowest BCUT2D eigenvalue weighted by Gasteiger charge is -2.44. The smallest absolute Gasteiger partial charge is 0.255 e. The van der Waals surface area contributed by atoms with Gasteiger partial charge in [0.2, 0.25) is 5.75 Å². The summed E-state index contributed by atoms with van der Waals surface area (Å²) in [5, 5.41) is 8.00. The molecule has 0 spiro atoms. The number of ether oxygens (including phenoxy) is 3. The van der Waals surface area contributed by atoms with E-state index in [4.69, 9.17) is 14.2 Å². The molecule has 1 fully saturated rings. The maximum Gasteiger partial charge on any atom is 0.255 e. The van der Waals surface area contributed by atoms with Gasteiger partial charge in [0.25, 0.3) is 17.4 Å². The lowest BCUT2D eigenvalue weighted by molar-refractivity contribution is 0.0950. The molecule has 228 valence electrons. The van der Waals surface area contributed by atoms with Gasteiger partial charge in [-0.05, 0) is 60.2 Å². The Labute approximate surface area is 259 Å². The summed E-state index contributed by atoms with van der Waals surface area (Å²) in [7, 11) is 4.49. The molecule has 0 radical (unpaired) electrons. The van der Waals surface area contributed by atoms with Crippen molar-refractivity contribution in [3.05, 3.63) is 98.1 Å². The Morgan fingerprint density at radius 1 is 0.886 bits per heavy atom. The minimum Gasteiger partial charge on any atom is -0.493 e. The van der Waals surface area contributed by atoms with Crippen LogP contribution in [0.25, 0.3) is 0 Å². The van der Waals surface area contributed by atoms with Gasteiger partial charge in [-0.1, -0.05) is 12.1 Å². The van der Waals surface area contributed by atoms with Gasteiger partial charge in [-0.25, -0.2) is 0 Å². The summed E-state index contributed by atoms with van der Waals surface area (Å²) in [5.74, 6) is 0.912. The van der Waals surface area contributed by atoms with E-state index in [1.807, 2.05) is 40.3 Å². The Bertz CT molecular complexity index is 1730. The average Bonchev–Trinajstić information content (AvgIpc) is 3.57. The number of benzene rings is 2. The van der Waals surface area contributed by atoms with Crippen LogP contribution in [-0.4, -0.2) is 50.8 Å². The average molecular weight is 615 g/mol. The van der Waals surface area contributed by atoms with Gasteiger partial charge in [0.15, 0.2) is 11.5 Å². The van der Waals surface area contributed by atoms with E-state index < -0.39 is 5.91 Å². The van der Waals surface area contributed by atoms with Crippen molar-refractivity contribution in [3.8, 4) is 17.2 Å². The molecule has 44 heavy (non-hydrogen) atoms. The van der Waals surface area contributed by atoms with E-state index >= 15 is 0 Å². The van der Waals surface area contributed by atoms with Crippen LogP contribution in [0.15, 0.2) is 70.8 Å². The molecule has 6 rings (SSSR count). The van der Waals surface area contributed by atoms with Crippen LogP contribution in [0.4, 0.5) is 11.4 Å². The standard InChI is InChI=1S/C33H34N4O6S/c1-41-28-14-22(15-29(42-2)31(28)43-3)33(40)35-25-13-21(32(39)34-16-24-6-5-11-44-24)9-10-27(25)36-17-20-12-23(19-36)26-7-4-8-30(38)37(26)18-20/h4-11,13-15,20,23H,12,16-19H2,1-3H3,(H,34,39)(H,35,40)/t20-,23+/m1/s1. The van der Waals surface area contributed by atoms with Crippen molar-refractivity contribution in [2.45, 2.75) is 25.4 Å². The zero-order chi connectivity index (χ0) is 30.8. The molecule has 2 aromatic carbocycles. The van der Waals surface area contributed by atoms with E-state index in [0.717, 1.165) is 22.7 Å².